The summed E-state index contributed by atoms with van der Waals surface area (Å²) in [6.45, 7) is 0. The first-order valence-corrected chi connectivity index (χ1v) is 5.48. The first-order valence-electron chi connectivity index (χ1n) is 5.48. The zero-order chi connectivity index (χ0) is 12.8. The van der Waals surface area contributed by atoms with Crippen molar-refractivity contribution in [3.63, 3.8) is 0 Å². The molecule has 0 unspecified atom stereocenters. The second kappa shape index (κ2) is 5.68. The largest absolute Gasteiger partial charge is 0.478 e. The summed E-state index contributed by atoms with van der Waals surface area (Å²) in [5.41, 5.74) is 0.817. The van der Waals surface area contributed by atoms with Crippen LogP contribution in [0.2, 0.25) is 0 Å². The van der Waals surface area contributed by atoms with Gasteiger partial charge in [0.05, 0.1) is 0 Å². The molecule has 90 valence electrons. The van der Waals surface area contributed by atoms with Crippen LogP contribution in [0.1, 0.15) is 5.56 Å². The first kappa shape index (κ1) is 11.9. The van der Waals surface area contributed by atoms with Gasteiger partial charge in [-0.3, -0.25) is 0 Å². The normalized spacial score (nSPS) is 10.4. The van der Waals surface area contributed by atoms with Crippen LogP contribution >= 0.6 is 0 Å². The lowest BCUT2D eigenvalue weighted by atomic mass is 10.2. The lowest BCUT2D eigenvalue weighted by molar-refractivity contribution is -0.131. The van der Waals surface area contributed by atoms with E-state index < -0.39 is 5.97 Å². The molecule has 18 heavy (non-hydrogen) atoms. The van der Waals surface area contributed by atoms with Crippen molar-refractivity contribution in [1.82, 2.24) is 0 Å². The van der Waals surface area contributed by atoms with E-state index in [9.17, 15) is 4.79 Å². The fourth-order valence-electron chi connectivity index (χ4n) is 1.44. The van der Waals surface area contributed by atoms with Gasteiger partial charge in [0.1, 0.15) is 11.5 Å². The predicted molar refractivity (Wildman–Crippen MR) is 69.6 cm³/mol. The van der Waals surface area contributed by atoms with Crippen molar-refractivity contribution < 1.29 is 14.6 Å². The summed E-state index contributed by atoms with van der Waals surface area (Å²) < 4.78 is 5.62. The molecule has 0 heterocycles. The molecule has 3 nitrogen and oxygen atoms in total. The lowest BCUT2D eigenvalue weighted by Crippen LogP contribution is -1.86. The fraction of sp³-hybridized carbons (Fsp3) is 0. The van der Waals surface area contributed by atoms with Crippen molar-refractivity contribution in [2.45, 2.75) is 0 Å². The summed E-state index contributed by atoms with van der Waals surface area (Å²) in [7, 11) is 0. The van der Waals surface area contributed by atoms with E-state index in [1.165, 1.54) is 6.08 Å². The number of hydrogen-bond donors (Lipinski definition) is 1. The fourth-order valence-corrected chi connectivity index (χ4v) is 1.44. The van der Waals surface area contributed by atoms with Crippen molar-refractivity contribution >= 4 is 12.0 Å². The Morgan fingerprint density at radius 2 is 1.56 bits per heavy atom. The van der Waals surface area contributed by atoms with Gasteiger partial charge in [0.15, 0.2) is 0 Å². The van der Waals surface area contributed by atoms with Crippen LogP contribution in [-0.2, 0) is 4.79 Å². The van der Waals surface area contributed by atoms with E-state index in [4.69, 9.17) is 9.84 Å². The summed E-state index contributed by atoms with van der Waals surface area (Å²) in [4.78, 5) is 10.4. The van der Waals surface area contributed by atoms with E-state index in [-0.39, 0.29) is 0 Å². The maximum absolute atomic E-state index is 10.4. The highest BCUT2D eigenvalue weighted by Gasteiger charge is 1.96. The maximum atomic E-state index is 10.4. The molecule has 0 aliphatic heterocycles. The highest BCUT2D eigenvalue weighted by atomic mass is 16.5. The predicted octanol–water partition coefficient (Wildman–Crippen LogP) is 3.58. The summed E-state index contributed by atoms with van der Waals surface area (Å²) in [6.07, 6.45) is 2.64. The molecule has 2 aromatic rings. The van der Waals surface area contributed by atoms with Gasteiger partial charge >= 0.3 is 5.97 Å². The van der Waals surface area contributed by atoms with Crippen molar-refractivity contribution in [3.8, 4) is 11.5 Å². The minimum absolute atomic E-state index is 0.716. The Balaban J connectivity index is 2.06. The van der Waals surface area contributed by atoms with Crippen LogP contribution in [0.4, 0.5) is 0 Å². The van der Waals surface area contributed by atoms with E-state index >= 15 is 0 Å². The van der Waals surface area contributed by atoms with Gasteiger partial charge in [0.25, 0.3) is 0 Å². The maximum Gasteiger partial charge on any atom is 0.328 e. The monoisotopic (exact) mass is 240 g/mol. The molecule has 0 saturated heterocycles. The number of aliphatic carboxylic acids is 1. The van der Waals surface area contributed by atoms with E-state index in [0.29, 0.717) is 5.75 Å². The number of carboxylic acid groups (broad SMARTS) is 1. The van der Waals surface area contributed by atoms with E-state index in [0.717, 1.165) is 17.4 Å². The number of rotatable bonds is 4. The molecule has 0 aromatic heterocycles. The van der Waals surface area contributed by atoms with Gasteiger partial charge in [-0.05, 0) is 35.9 Å². The second-order valence-electron chi connectivity index (χ2n) is 3.66. The SMILES string of the molecule is O=C(O)/C=C/c1ccc(Oc2ccccc2)cc1. The molecule has 0 fully saturated rings. The molecule has 3 heteroatoms. The minimum atomic E-state index is -0.959. The topological polar surface area (TPSA) is 46.5 Å². The first-order chi connectivity index (χ1) is 8.74. The van der Waals surface area contributed by atoms with E-state index in [1.54, 1.807) is 24.3 Å². The van der Waals surface area contributed by atoms with Gasteiger partial charge in [0.2, 0.25) is 0 Å². The van der Waals surface area contributed by atoms with E-state index in [2.05, 4.69) is 0 Å². The highest BCUT2D eigenvalue weighted by molar-refractivity contribution is 5.85. The molecule has 0 bridgehead atoms. The lowest BCUT2D eigenvalue weighted by Gasteiger charge is -2.05. The molecule has 0 aliphatic carbocycles. The average Bonchev–Trinajstić information content (AvgIpc) is 2.39. The second-order valence-corrected chi connectivity index (χ2v) is 3.66. The van der Waals surface area contributed by atoms with Crippen LogP contribution in [0.3, 0.4) is 0 Å². The third-order valence-corrected chi connectivity index (χ3v) is 2.28. The van der Waals surface area contributed by atoms with Crippen LogP contribution in [0.5, 0.6) is 11.5 Å². The van der Waals surface area contributed by atoms with Crippen LogP contribution in [0.25, 0.3) is 6.08 Å². The Labute approximate surface area is 105 Å². The molecular weight excluding hydrogens is 228 g/mol. The number of carboxylic acids is 1. The molecule has 2 aromatic carbocycles. The van der Waals surface area contributed by atoms with Gasteiger partial charge in [-0.25, -0.2) is 4.79 Å². The smallest absolute Gasteiger partial charge is 0.328 e. The molecule has 0 amide bonds. The Morgan fingerprint density at radius 1 is 0.944 bits per heavy atom. The molecule has 0 aliphatic rings. The molecule has 2 rings (SSSR count). The van der Waals surface area contributed by atoms with Gasteiger partial charge in [-0.15, -0.1) is 0 Å². The number of carbonyl (C=O) groups is 1. The third kappa shape index (κ3) is 3.49. The zero-order valence-electron chi connectivity index (χ0n) is 9.61. The Kier molecular flexibility index (Phi) is 3.76. The van der Waals surface area contributed by atoms with Crippen molar-refractivity contribution in [2.75, 3.05) is 0 Å². The number of benzene rings is 2. The van der Waals surface area contributed by atoms with Crippen molar-refractivity contribution in [1.29, 1.82) is 0 Å². The van der Waals surface area contributed by atoms with Gasteiger partial charge < -0.3 is 9.84 Å². The van der Waals surface area contributed by atoms with Crippen LogP contribution in [-0.4, -0.2) is 11.1 Å². The van der Waals surface area contributed by atoms with Crippen LogP contribution in [0, 0.1) is 0 Å². The minimum Gasteiger partial charge on any atom is -0.478 e. The van der Waals surface area contributed by atoms with Crippen LogP contribution < -0.4 is 4.74 Å². The average molecular weight is 240 g/mol. The van der Waals surface area contributed by atoms with E-state index in [1.807, 2.05) is 30.3 Å². The van der Waals surface area contributed by atoms with Crippen LogP contribution in [0.15, 0.2) is 60.7 Å². The van der Waals surface area contributed by atoms with Crippen molar-refractivity contribution in [2.24, 2.45) is 0 Å². The summed E-state index contributed by atoms with van der Waals surface area (Å²) in [6, 6.07) is 16.7. The van der Waals surface area contributed by atoms with Crippen molar-refractivity contribution in [3.05, 3.63) is 66.2 Å². The molecule has 0 radical (unpaired) electrons. The van der Waals surface area contributed by atoms with Gasteiger partial charge in [-0.2, -0.15) is 0 Å². The standard InChI is InChI=1S/C15H12O3/c16-15(17)11-8-12-6-9-14(10-7-12)18-13-4-2-1-3-5-13/h1-11H,(H,16,17)/b11-8+. The molecular formula is C15H12O3. The Bertz CT molecular complexity index is 542. The summed E-state index contributed by atoms with van der Waals surface area (Å²) in [5, 5.41) is 8.51. The Hall–Kier alpha value is -2.55. The molecule has 0 saturated carbocycles. The highest BCUT2D eigenvalue weighted by Crippen LogP contribution is 2.21. The molecule has 0 spiro atoms. The van der Waals surface area contributed by atoms with Gasteiger partial charge in [0, 0.05) is 6.08 Å². The zero-order valence-corrected chi connectivity index (χ0v) is 9.61. The van der Waals surface area contributed by atoms with Gasteiger partial charge in [-0.1, -0.05) is 30.3 Å². The molecule has 1 N–H and O–H groups in total. The number of para-hydroxylation sites is 1. The summed E-state index contributed by atoms with van der Waals surface area (Å²) in [5.74, 6) is 0.527. The number of ether oxygens (including phenoxy) is 1. The molecule has 0 atom stereocenters. The Morgan fingerprint density at radius 3 is 2.17 bits per heavy atom. The number of hydrogen-bond acceptors (Lipinski definition) is 2. The quantitative estimate of drug-likeness (QED) is 0.831. The summed E-state index contributed by atoms with van der Waals surface area (Å²) >= 11 is 0. The third-order valence-electron chi connectivity index (χ3n) is 2.28.